The first kappa shape index (κ1) is 33.1. The van der Waals surface area contributed by atoms with Gasteiger partial charge in [-0.3, -0.25) is 19.3 Å². The molecule has 1 spiro atoms. The fourth-order valence-corrected chi connectivity index (χ4v) is 8.13. The monoisotopic (exact) mass is 642 g/mol. The Kier molecular flexibility index (Phi) is 10.2. The summed E-state index contributed by atoms with van der Waals surface area (Å²) in [6.45, 7) is 12.0. The Morgan fingerprint density at radius 1 is 1.00 bits per heavy atom. The molecule has 1 N–H and O–H groups in total. The van der Waals surface area contributed by atoms with Gasteiger partial charge in [-0.2, -0.15) is 0 Å². The van der Waals surface area contributed by atoms with Crippen LogP contribution in [0.15, 0.2) is 86.0 Å². The van der Waals surface area contributed by atoms with Gasteiger partial charge < -0.3 is 29.3 Å². The van der Waals surface area contributed by atoms with E-state index in [2.05, 4.69) is 18.1 Å². The van der Waals surface area contributed by atoms with Gasteiger partial charge in [0.2, 0.25) is 17.7 Å². The van der Waals surface area contributed by atoms with E-state index in [-0.39, 0.29) is 30.9 Å². The first-order chi connectivity index (χ1) is 22.9. The fraction of sp³-hybridized carbons (Fsp3) is 0.486. The molecule has 10 nitrogen and oxygen atoms in total. The number of carbonyl (C=O) groups is 3. The second-order valence-corrected chi connectivity index (χ2v) is 12.9. The van der Waals surface area contributed by atoms with Gasteiger partial charge in [-0.25, -0.2) is 0 Å². The summed E-state index contributed by atoms with van der Waals surface area (Å²) in [7, 11) is 0. The number of ether oxygens (including phenoxy) is 2. The Morgan fingerprint density at radius 2 is 1.68 bits per heavy atom. The average molecular weight is 643 g/mol. The number of morpholine rings is 1. The van der Waals surface area contributed by atoms with E-state index < -0.39 is 35.6 Å². The summed E-state index contributed by atoms with van der Waals surface area (Å²) in [5.41, 5.74) is 0.467. The Morgan fingerprint density at radius 3 is 2.34 bits per heavy atom. The highest BCUT2D eigenvalue weighted by Crippen LogP contribution is 2.59. The fourth-order valence-electron chi connectivity index (χ4n) is 8.13. The number of fused-ring (bicyclic) bond motifs is 1. The number of benzene rings is 2. The zero-order valence-electron chi connectivity index (χ0n) is 27.0. The van der Waals surface area contributed by atoms with Gasteiger partial charge in [0.15, 0.2) is 0 Å². The largest absolute Gasteiger partial charge is 0.394 e. The maximum absolute atomic E-state index is 14.9. The van der Waals surface area contributed by atoms with Crippen molar-refractivity contribution in [3.63, 3.8) is 0 Å². The number of para-hydroxylation sites is 1. The number of amides is 3. The molecule has 10 heteroatoms. The van der Waals surface area contributed by atoms with Crippen molar-refractivity contribution in [2.45, 2.75) is 43.1 Å². The van der Waals surface area contributed by atoms with Crippen molar-refractivity contribution in [1.82, 2.24) is 14.7 Å². The van der Waals surface area contributed by atoms with Crippen molar-refractivity contribution < 1.29 is 29.0 Å². The molecule has 4 aliphatic rings. The minimum atomic E-state index is -1.18. The van der Waals surface area contributed by atoms with Crippen molar-refractivity contribution in [2.24, 2.45) is 11.8 Å². The predicted molar refractivity (Wildman–Crippen MR) is 178 cm³/mol. The smallest absolute Gasteiger partial charge is 0.248 e. The molecule has 3 amide bonds. The lowest BCUT2D eigenvalue weighted by molar-refractivity contribution is -0.151. The summed E-state index contributed by atoms with van der Waals surface area (Å²) in [6, 6.07) is 17.3. The zero-order valence-corrected chi connectivity index (χ0v) is 27.0. The number of aliphatic hydroxyl groups is 1. The quantitative estimate of drug-likeness (QED) is 0.316. The van der Waals surface area contributed by atoms with E-state index in [1.54, 1.807) is 26.9 Å². The molecule has 0 saturated carbocycles. The van der Waals surface area contributed by atoms with Crippen molar-refractivity contribution in [3.8, 4) is 0 Å². The molecule has 2 aromatic carbocycles. The molecule has 2 unspecified atom stereocenters. The maximum Gasteiger partial charge on any atom is 0.248 e. The van der Waals surface area contributed by atoms with Crippen molar-refractivity contribution in [1.29, 1.82) is 0 Å². The number of likely N-dealkylation sites (tertiary alicyclic amines) is 1. The highest BCUT2D eigenvalue weighted by atomic mass is 16.5. The third kappa shape index (κ3) is 6.27. The average Bonchev–Trinajstić information content (AvgIpc) is 3.76. The number of carbonyl (C=O) groups excluding carboxylic acids is 3. The highest BCUT2D eigenvalue weighted by molar-refractivity contribution is 6.03. The predicted octanol–water partition coefficient (Wildman–Crippen LogP) is 2.53. The second-order valence-electron chi connectivity index (χ2n) is 12.9. The van der Waals surface area contributed by atoms with Crippen LogP contribution in [0.2, 0.25) is 0 Å². The van der Waals surface area contributed by atoms with Gasteiger partial charge in [0.1, 0.15) is 11.6 Å². The molecule has 0 radical (unpaired) electrons. The van der Waals surface area contributed by atoms with Gasteiger partial charge >= 0.3 is 0 Å². The summed E-state index contributed by atoms with van der Waals surface area (Å²) in [5, 5.41) is 10.8. The molecular weight excluding hydrogens is 596 g/mol. The normalized spacial score (nSPS) is 27.3. The zero-order chi connectivity index (χ0) is 33.0. The molecular formula is C37H46N4O6. The molecule has 0 aliphatic carbocycles. The van der Waals surface area contributed by atoms with Crippen molar-refractivity contribution in [3.05, 3.63) is 91.5 Å². The molecule has 4 aliphatic heterocycles. The molecule has 4 fully saturated rings. The number of anilines is 1. The number of aliphatic hydroxyl groups excluding tert-OH is 1. The molecule has 6 atom stereocenters. The summed E-state index contributed by atoms with van der Waals surface area (Å²) < 4.78 is 12.3. The van der Waals surface area contributed by atoms with E-state index in [1.807, 2.05) is 60.7 Å². The van der Waals surface area contributed by atoms with Gasteiger partial charge in [-0.1, -0.05) is 60.7 Å². The van der Waals surface area contributed by atoms with Crippen LogP contribution < -0.4 is 4.90 Å². The van der Waals surface area contributed by atoms with E-state index in [1.165, 1.54) is 0 Å². The Balaban J connectivity index is 1.37. The molecule has 4 heterocycles. The SMILES string of the molecule is C=CCN(CCN1CCOCC1)C(=O)C1N([C@@H](CO)Cc2ccccc2)C(=O)[C@@H]2[C@H](C(=O)N(CC=C)c3ccccc3)[C@@H]3CCC12O3. The minimum Gasteiger partial charge on any atom is -0.394 e. The van der Waals surface area contributed by atoms with Crippen LogP contribution in [-0.2, 0) is 30.3 Å². The van der Waals surface area contributed by atoms with Crippen LogP contribution in [-0.4, -0.2) is 120 Å². The van der Waals surface area contributed by atoms with Crippen LogP contribution in [0.25, 0.3) is 0 Å². The van der Waals surface area contributed by atoms with Crippen LogP contribution in [0, 0.1) is 11.8 Å². The highest BCUT2D eigenvalue weighted by Gasteiger charge is 2.75. The lowest BCUT2D eigenvalue weighted by Crippen LogP contribution is -2.59. The number of nitrogens with zero attached hydrogens (tertiary/aromatic N) is 4. The molecule has 47 heavy (non-hydrogen) atoms. The topological polar surface area (TPSA) is 103 Å². The third-order valence-corrected chi connectivity index (χ3v) is 10.3. The standard InChI is InChI=1S/C37H46N4O6/c1-3-17-39(20-19-38-21-23-46-24-22-38)36(45)33-37-16-15-30(47-37)31(34(43)40(18-4-2)28-13-9-6-10-14-28)32(37)35(44)41(33)29(26-42)25-27-11-7-5-8-12-27/h3-14,29-33,42H,1-2,15-26H2/t29-,30+,31-,32+,33?,37?/m1/s1. The van der Waals surface area contributed by atoms with E-state index in [0.717, 1.165) is 18.7 Å². The van der Waals surface area contributed by atoms with Gasteiger partial charge in [0.05, 0.1) is 43.8 Å². The van der Waals surface area contributed by atoms with Gasteiger partial charge in [-0.15, -0.1) is 13.2 Å². The Labute approximate surface area is 277 Å². The molecule has 250 valence electrons. The number of hydrogen-bond donors (Lipinski definition) is 1. The molecule has 2 bridgehead atoms. The van der Waals surface area contributed by atoms with Crippen molar-refractivity contribution in [2.75, 3.05) is 64.0 Å². The van der Waals surface area contributed by atoms with E-state index >= 15 is 0 Å². The van der Waals surface area contributed by atoms with Gasteiger partial charge in [-0.05, 0) is 37.0 Å². The summed E-state index contributed by atoms with van der Waals surface area (Å²) in [5.74, 6) is -2.38. The van der Waals surface area contributed by atoms with Crippen LogP contribution in [0.3, 0.4) is 0 Å². The lowest BCUT2D eigenvalue weighted by atomic mass is 9.70. The first-order valence-electron chi connectivity index (χ1n) is 16.8. The van der Waals surface area contributed by atoms with Crippen LogP contribution >= 0.6 is 0 Å². The third-order valence-electron chi connectivity index (χ3n) is 10.3. The summed E-state index contributed by atoms with van der Waals surface area (Å²) in [6.07, 6.45) is 4.28. The van der Waals surface area contributed by atoms with E-state index in [9.17, 15) is 19.5 Å². The molecule has 6 rings (SSSR count). The number of hydrogen-bond acceptors (Lipinski definition) is 7. The van der Waals surface area contributed by atoms with Crippen LogP contribution in [0.1, 0.15) is 18.4 Å². The van der Waals surface area contributed by atoms with Crippen molar-refractivity contribution >= 4 is 23.4 Å². The van der Waals surface area contributed by atoms with E-state index in [4.69, 9.17) is 9.47 Å². The first-order valence-corrected chi connectivity index (χ1v) is 16.8. The molecule has 0 aromatic heterocycles. The van der Waals surface area contributed by atoms with E-state index in [0.29, 0.717) is 57.8 Å². The van der Waals surface area contributed by atoms with Crippen LogP contribution in [0.5, 0.6) is 0 Å². The maximum atomic E-state index is 14.9. The Hall–Kier alpha value is -3.83. The van der Waals surface area contributed by atoms with Crippen LogP contribution in [0.4, 0.5) is 5.69 Å². The molecule has 2 aromatic rings. The van der Waals surface area contributed by atoms with Gasteiger partial charge in [0, 0.05) is 45.0 Å². The van der Waals surface area contributed by atoms with Gasteiger partial charge in [0.25, 0.3) is 0 Å². The Bertz CT molecular complexity index is 1430. The summed E-state index contributed by atoms with van der Waals surface area (Å²) in [4.78, 5) is 51.4. The number of rotatable bonds is 14. The minimum absolute atomic E-state index is 0.215. The summed E-state index contributed by atoms with van der Waals surface area (Å²) >= 11 is 0. The second kappa shape index (κ2) is 14.5. The molecule has 4 saturated heterocycles. The lowest BCUT2D eigenvalue weighted by Gasteiger charge is -2.40.